The summed E-state index contributed by atoms with van der Waals surface area (Å²) in [6, 6.07) is 0.160. The molecular weight excluding hydrogens is 232 g/mol. The van der Waals surface area contributed by atoms with Gasteiger partial charge in [0.05, 0.1) is 19.5 Å². The fraction of sp³-hybridized carbons (Fsp3) is 0.667. The van der Waals surface area contributed by atoms with Gasteiger partial charge in [0.15, 0.2) is 0 Å². The summed E-state index contributed by atoms with van der Waals surface area (Å²) in [5.41, 5.74) is 0. The molecule has 1 aromatic rings. The second-order valence-corrected chi connectivity index (χ2v) is 4.43. The van der Waals surface area contributed by atoms with Crippen LogP contribution in [0.2, 0.25) is 0 Å². The van der Waals surface area contributed by atoms with Gasteiger partial charge >= 0.3 is 0 Å². The van der Waals surface area contributed by atoms with E-state index in [2.05, 4.69) is 15.6 Å². The van der Waals surface area contributed by atoms with Gasteiger partial charge in [-0.3, -0.25) is 4.79 Å². The number of nitrogens with zero attached hydrogens (tertiary/aromatic N) is 2. The topological polar surface area (TPSA) is 68.2 Å². The van der Waals surface area contributed by atoms with Gasteiger partial charge in [-0.1, -0.05) is 0 Å². The van der Waals surface area contributed by atoms with E-state index in [1.807, 2.05) is 10.8 Å². The number of rotatable bonds is 6. The summed E-state index contributed by atoms with van der Waals surface area (Å²) in [5, 5.41) is 6.19. The van der Waals surface area contributed by atoms with Crippen molar-refractivity contribution in [2.75, 3.05) is 26.3 Å². The van der Waals surface area contributed by atoms with Crippen molar-refractivity contribution in [1.29, 1.82) is 0 Å². The number of carbonyl (C=O) groups excluding carboxylic acids is 1. The number of carbonyl (C=O) groups is 1. The van der Waals surface area contributed by atoms with E-state index in [1.54, 1.807) is 12.5 Å². The molecule has 0 saturated carbocycles. The van der Waals surface area contributed by atoms with Crippen LogP contribution >= 0.6 is 0 Å². The van der Waals surface area contributed by atoms with E-state index in [9.17, 15) is 4.79 Å². The third-order valence-electron chi connectivity index (χ3n) is 2.90. The Morgan fingerprint density at radius 1 is 1.61 bits per heavy atom. The van der Waals surface area contributed by atoms with Gasteiger partial charge in [-0.15, -0.1) is 0 Å². The summed E-state index contributed by atoms with van der Waals surface area (Å²) in [5.74, 6) is 0.0867. The number of aryl methyl sites for hydroxylation is 1. The van der Waals surface area contributed by atoms with Crippen molar-refractivity contribution < 1.29 is 9.53 Å². The fourth-order valence-electron chi connectivity index (χ4n) is 1.96. The van der Waals surface area contributed by atoms with E-state index in [0.29, 0.717) is 19.6 Å². The summed E-state index contributed by atoms with van der Waals surface area (Å²) in [6.07, 6.45) is 6.87. The molecule has 1 aromatic heterocycles. The molecule has 6 nitrogen and oxygen atoms in total. The molecule has 1 fully saturated rings. The first-order valence-corrected chi connectivity index (χ1v) is 6.38. The SMILES string of the molecule is O=C(CC1COCCN1)NCCCn1ccnc1. The molecule has 1 amide bonds. The van der Waals surface area contributed by atoms with Crippen molar-refractivity contribution in [3.63, 3.8) is 0 Å². The second-order valence-electron chi connectivity index (χ2n) is 4.43. The van der Waals surface area contributed by atoms with Crippen LogP contribution in [0.25, 0.3) is 0 Å². The maximum absolute atomic E-state index is 11.6. The molecule has 1 aliphatic heterocycles. The zero-order chi connectivity index (χ0) is 12.6. The maximum atomic E-state index is 11.6. The highest BCUT2D eigenvalue weighted by molar-refractivity contribution is 5.76. The number of nitrogens with one attached hydrogen (secondary N) is 2. The zero-order valence-corrected chi connectivity index (χ0v) is 10.5. The van der Waals surface area contributed by atoms with E-state index < -0.39 is 0 Å². The number of imidazole rings is 1. The first-order valence-electron chi connectivity index (χ1n) is 6.38. The largest absolute Gasteiger partial charge is 0.378 e. The van der Waals surface area contributed by atoms with Gasteiger partial charge in [0.2, 0.25) is 5.91 Å². The number of aromatic nitrogens is 2. The van der Waals surface area contributed by atoms with Crippen LogP contribution in [-0.4, -0.2) is 47.8 Å². The first kappa shape index (κ1) is 13.0. The Kier molecular flexibility index (Phi) is 5.16. The summed E-state index contributed by atoms with van der Waals surface area (Å²) in [7, 11) is 0. The molecule has 0 bridgehead atoms. The highest BCUT2D eigenvalue weighted by atomic mass is 16.5. The Morgan fingerprint density at radius 2 is 2.56 bits per heavy atom. The Morgan fingerprint density at radius 3 is 3.28 bits per heavy atom. The van der Waals surface area contributed by atoms with Crippen LogP contribution in [0.4, 0.5) is 0 Å². The van der Waals surface area contributed by atoms with E-state index in [0.717, 1.165) is 26.1 Å². The molecule has 1 aliphatic rings. The van der Waals surface area contributed by atoms with Crippen LogP contribution < -0.4 is 10.6 Å². The zero-order valence-electron chi connectivity index (χ0n) is 10.5. The van der Waals surface area contributed by atoms with Gasteiger partial charge in [0.25, 0.3) is 0 Å². The van der Waals surface area contributed by atoms with E-state index in [4.69, 9.17) is 4.74 Å². The summed E-state index contributed by atoms with van der Waals surface area (Å²) in [4.78, 5) is 15.6. The van der Waals surface area contributed by atoms with Crippen LogP contribution in [0, 0.1) is 0 Å². The van der Waals surface area contributed by atoms with Gasteiger partial charge in [-0.05, 0) is 6.42 Å². The molecule has 0 aromatic carbocycles. The third-order valence-corrected chi connectivity index (χ3v) is 2.90. The lowest BCUT2D eigenvalue weighted by Gasteiger charge is -2.23. The lowest BCUT2D eigenvalue weighted by molar-refractivity contribution is -0.122. The van der Waals surface area contributed by atoms with Crippen molar-refractivity contribution in [3.8, 4) is 0 Å². The molecule has 2 heterocycles. The van der Waals surface area contributed by atoms with Gasteiger partial charge in [0.1, 0.15) is 0 Å². The van der Waals surface area contributed by atoms with Crippen molar-refractivity contribution in [1.82, 2.24) is 20.2 Å². The minimum absolute atomic E-state index is 0.0867. The molecule has 18 heavy (non-hydrogen) atoms. The van der Waals surface area contributed by atoms with Crippen LogP contribution in [0.5, 0.6) is 0 Å². The Labute approximate surface area is 107 Å². The average molecular weight is 252 g/mol. The van der Waals surface area contributed by atoms with E-state index in [-0.39, 0.29) is 11.9 Å². The Hall–Kier alpha value is -1.40. The number of amides is 1. The van der Waals surface area contributed by atoms with Crippen LogP contribution in [0.3, 0.4) is 0 Å². The van der Waals surface area contributed by atoms with Crippen molar-refractivity contribution >= 4 is 5.91 Å². The predicted molar refractivity (Wildman–Crippen MR) is 67.1 cm³/mol. The summed E-state index contributed by atoms with van der Waals surface area (Å²) in [6.45, 7) is 3.78. The van der Waals surface area contributed by atoms with Crippen LogP contribution in [-0.2, 0) is 16.1 Å². The van der Waals surface area contributed by atoms with Crippen LogP contribution in [0.15, 0.2) is 18.7 Å². The molecule has 1 saturated heterocycles. The van der Waals surface area contributed by atoms with Crippen molar-refractivity contribution in [3.05, 3.63) is 18.7 Å². The lowest BCUT2D eigenvalue weighted by Crippen LogP contribution is -2.44. The molecule has 0 spiro atoms. The quantitative estimate of drug-likeness (QED) is 0.686. The monoisotopic (exact) mass is 252 g/mol. The predicted octanol–water partition coefficient (Wildman–Crippen LogP) is -0.232. The maximum Gasteiger partial charge on any atom is 0.221 e. The molecule has 0 radical (unpaired) electrons. The molecule has 1 unspecified atom stereocenters. The Bertz CT molecular complexity index is 347. The highest BCUT2D eigenvalue weighted by Crippen LogP contribution is 1.98. The van der Waals surface area contributed by atoms with Gasteiger partial charge < -0.3 is 19.9 Å². The minimum atomic E-state index is 0.0867. The van der Waals surface area contributed by atoms with Crippen LogP contribution in [0.1, 0.15) is 12.8 Å². The van der Waals surface area contributed by atoms with Gasteiger partial charge in [-0.25, -0.2) is 4.98 Å². The fourth-order valence-corrected chi connectivity index (χ4v) is 1.96. The first-order chi connectivity index (χ1) is 8.84. The van der Waals surface area contributed by atoms with Gasteiger partial charge in [-0.2, -0.15) is 0 Å². The third kappa shape index (κ3) is 4.46. The second kappa shape index (κ2) is 7.13. The molecule has 2 rings (SSSR count). The molecular formula is C12H20N4O2. The minimum Gasteiger partial charge on any atom is -0.378 e. The molecule has 2 N–H and O–H groups in total. The molecule has 0 aliphatic carbocycles. The average Bonchev–Trinajstić information content (AvgIpc) is 2.89. The summed E-state index contributed by atoms with van der Waals surface area (Å²) >= 11 is 0. The summed E-state index contributed by atoms with van der Waals surface area (Å²) < 4.78 is 7.31. The number of hydrogen-bond acceptors (Lipinski definition) is 4. The number of morpholine rings is 1. The molecule has 1 atom stereocenters. The molecule has 100 valence electrons. The number of ether oxygens (including phenoxy) is 1. The lowest BCUT2D eigenvalue weighted by atomic mass is 10.2. The van der Waals surface area contributed by atoms with Crippen molar-refractivity contribution in [2.45, 2.75) is 25.4 Å². The molecule has 6 heteroatoms. The van der Waals surface area contributed by atoms with Gasteiger partial charge in [0, 0.05) is 44.5 Å². The van der Waals surface area contributed by atoms with E-state index in [1.165, 1.54) is 0 Å². The number of hydrogen-bond donors (Lipinski definition) is 2. The van der Waals surface area contributed by atoms with Crippen molar-refractivity contribution in [2.24, 2.45) is 0 Å². The van der Waals surface area contributed by atoms with E-state index >= 15 is 0 Å². The smallest absolute Gasteiger partial charge is 0.221 e. The normalized spacial score (nSPS) is 19.7. The Balaban J connectivity index is 1.54. The standard InChI is InChI=1S/C12H20N4O2/c17-12(8-11-9-18-7-4-14-11)15-2-1-5-16-6-3-13-10-16/h3,6,10-11,14H,1-2,4-5,7-9H2,(H,15,17). The highest BCUT2D eigenvalue weighted by Gasteiger charge is 2.16.